The first kappa shape index (κ1) is 22.5. The maximum atomic E-state index is 13.3. The second-order valence-electron chi connectivity index (χ2n) is 7.11. The summed E-state index contributed by atoms with van der Waals surface area (Å²) in [5, 5.41) is 1.80. The second kappa shape index (κ2) is 10.3. The van der Waals surface area contributed by atoms with Gasteiger partial charge < -0.3 is 13.9 Å². The zero-order valence-electron chi connectivity index (χ0n) is 17.2. The summed E-state index contributed by atoms with van der Waals surface area (Å²) in [6, 6.07) is 14.5. The molecule has 0 aliphatic rings. The number of hydrogen-bond acceptors (Lipinski definition) is 5. The Morgan fingerprint density at radius 1 is 1.06 bits per heavy atom. The van der Waals surface area contributed by atoms with Crippen LogP contribution in [0.3, 0.4) is 0 Å². The van der Waals surface area contributed by atoms with Crippen molar-refractivity contribution in [3.05, 3.63) is 99.9 Å². The lowest BCUT2D eigenvalue weighted by atomic mass is 10.2. The van der Waals surface area contributed by atoms with Gasteiger partial charge in [-0.15, -0.1) is 0 Å². The number of carbonyl (C=O) groups excluding carboxylic acids is 1. The third-order valence-corrected chi connectivity index (χ3v) is 6.54. The number of benzene rings is 1. The van der Waals surface area contributed by atoms with E-state index in [1.165, 1.54) is 0 Å². The molecule has 32 heavy (non-hydrogen) atoms. The van der Waals surface area contributed by atoms with E-state index in [2.05, 4.69) is 9.97 Å². The summed E-state index contributed by atoms with van der Waals surface area (Å²) in [5.74, 6) is 1.32. The van der Waals surface area contributed by atoms with Crippen LogP contribution in [0, 0.1) is 0 Å². The summed E-state index contributed by atoms with van der Waals surface area (Å²) in [5.41, 5.74) is 1.64. The van der Waals surface area contributed by atoms with Crippen LogP contribution in [0.1, 0.15) is 27.6 Å². The van der Waals surface area contributed by atoms with Crippen molar-refractivity contribution < 1.29 is 9.21 Å². The van der Waals surface area contributed by atoms with Crippen molar-refractivity contribution in [2.24, 2.45) is 7.05 Å². The fourth-order valence-corrected chi connectivity index (χ4v) is 4.25. The first-order chi connectivity index (χ1) is 15.5. The number of halogens is 2. The lowest BCUT2D eigenvalue weighted by Crippen LogP contribution is -2.30. The van der Waals surface area contributed by atoms with Gasteiger partial charge in [0, 0.05) is 32.2 Å². The van der Waals surface area contributed by atoms with E-state index in [0.717, 1.165) is 16.4 Å². The fourth-order valence-electron chi connectivity index (χ4n) is 3.10. The van der Waals surface area contributed by atoms with E-state index < -0.39 is 0 Å². The zero-order valence-corrected chi connectivity index (χ0v) is 19.6. The summed E-state index contributed by atoms with van der Waals surface area (Å²) in [7, 11) is 1.94. The van der Waals surface area contributed by atoms with Crippen molar-refractivity contribution in [3.8, 4) is 0 Å². The molecule has 0 atom stereocenters. The minimum absolute atomic E-state index is 0.227. The van der Waals surface area contributed by atoms with E-state index in [-0.39, 0.29) is 11.7 Å². The van der Waals surface area contributed by atoms with Crippen molar-refractivity contribution >= 4 is 40.9 Å². The minimum atomic E-state index is -0.227. The van der Waals surface area contributed by atoms with Crippen molar-refractivity contribution in [2.45, 2.75) is 24.0 Å². The number of aryl methyl sites for hydroxylation is 1. The number of pyridine rings is 1. The van der Waals surface area contributed by atoms with Crippen molar-refractivity contribution in [1.82, 2.24) is 19.4 Å². The Balaban J connectivity index is 1.52. The Hall–Kier alpha value is -2.74. The van der Waals surface area contributed by atoms with Crippen LogP contribution in [-0.4, -0.2) is 25.3 Å². The molecule has 0 radical (unpaired) electrons. The summed E-state index contributed by atoms with van der Waals surface area (Å²) in [6.45, 7) is 0.669. The molecule has 0 bridgehead atoms. The van der Waals surface area contributed by atoms with Gasteiger partial charge in [-0.05, 0) is 42.0 Å². The number of amides is 1. The molecule has 4 rings (SSSR count). The Labute approximate surface area is 200 Å². The number of carbonyl (C=O) groups is 1. The van der Waals surface area contributed by atoms with Crippen molar-refractivity contribution in [1.29, 1.82) is 0 Å². The highest BCUT2D eigenvalue weighted by molar-refractivity contribution is 7.98. The monoisotopic (exact) mass is 486 g/mol. The van der Waals surface area contributed by atoms with Crippen LogP contribution in [0.4, 0.5) is 0 Å². The fraction of sp³-hybridized carbons (Fsp3) is 0.174. The van der Waals surface area contributed by atoms with Crippen molar-refractivity contribution in [3.63, 3.8) is 0 Å². The van der Waals surface area contributed by atoms with Gasteiger partial charge >= 0.3 is 0 Å². The molecule has 164 valence electrons. The average Bonchev–Trinajstić information content (AvgIpc) is 3.43. The largest absolute Gasteiger partial charge is 0.455 e. The highest BCUT2D eigenvalue weighted by atomic mass is 35.5. The first-order valence-corrected chi connectivity index (χ1v) is 11.6. The van der Waals surface area contributed by atoms with Crippen LogP contribution in [0.15, 0.2) is 76.7 Å². The number of aromatic nitrogens is 3. The highest BCUT2D eigenvalue weighted by Gasteiger charge is 2.21. The molecule has 0 saturated carbocycles. The minimum Gasteiger partial charge on any atom is -0.455 e. The number of imidazole rings is 1. The molecule has 6 nitrogen and oxygen atoms in total. The molecule has 0 saturated heterocycles. The van der Waals surface area contributed by atoms with Gasteiger partial charge in [0.05, 0.1) is 28.0 Å². The van der Waals surface area contributed by atoms with Gasteiger partial charge in [0.2, 0.25) is 0 Å². The summed E-state index contributed by atoms with van der Waals surface area (Å²) >= 11 is 13.8. The van der Waals surface area contributed by atoms with Crippen LogP contribution in [-0.2, 0) is 25.9 Å². The zero-order chi connectivity index (χ0) is 22.5. The molecule has 0 spiro atoms. The van der Waals surface area contributed by atoms with Gasteiger partial charge in [-0.2, -0.15) is 0 Å². The molecular weight excluding hydrogens is 467 g/mol. The first-order valence-electron chi connectivity index (χ1n) is 9.81. The lowest BCUT2D eigenvalue weighted by Gasteiger charge is -2.22. The van der Waals surface area contributed by atoms with E-state index in [1.54, 1.807) is 47.3 Å². The predicted octanol–water partition coefficient (Wildman–Crippen LogP) is 5.85. The molecule has 1 aromatic carbocycles. The summed E-state index contributed by atoms with van der Waals surface area (Å²) in [4.78, 5) is 23.6. The van der Waals surface area contributed by atoms with Gasteiger partial charge in [0.25, 0.3) is 5.91 Å². The van der Waals surface area contributed by atoms with Gasteiger partial charge in [-0.1, -0.05) is 47.1 Å². The van der Waals surface area contributed by atoms with Gasteiger partial charge in [0.1, 0.15) is 5.76 Å². The maximum Gasteiger partial charge on any atom is 0.290 e. The lowest BCUT2D eigenvalue weighted by molar-refractivity contribution is 0.0694. The quantitative estimate of drug-likeness (QED) is 0.292. The normalized spacial score (nSPS) is 11.0. The molecule has 0 N–H and O–H groups in total. The average molecular weight is 487 g/mol. The van der Waals surface area contributed by atoms with E-state index >= 15 is 0 Å². The standard InChI is InChI=1S/C23H20Cl2N4O2S/c1-28-11-10-27-23(28)32-15-18-6-8-21(31-18)22(30)29(14-17-4-2-3-9-26-17)13-16-5-7-19(24)20(25)12-16/h2-12H,13-15H2,1H3. The third-order valence-electron chi connectivity index (χ3n) is 4.72. The van der Waals surface area contributed by atoms with Gasteiger partial charge in [-0.3, -0.25) is 9.78 Å². The predicted molar refractivity (Wildman–Crippen MR) is 126 cm³/mol. The number of thioether (sulfide) groups is 1. The van der Waals surface area contributed by atoms with Gasteiger partial charge in [-0.25, -0.2) is 4.98 Å². The van der Waals surface area contributed by atoms with Crippen LogP contribution in [0.2, 0.25) is 10.0 Å². The topological polar surface area (TPSA) is 64.2 Å². The molecule has 3 heterocycles. The number of hydrogen-bond donors (Lipinski definition) is 0. The molecule has 3 aromatic heterocycles. The Morgan fingerprint density at radius 2 is 1.94 bits per heavy atom. The Bertz CT molecular complexity index is 1210. The molecule has 0 fully saturated rings. The second-order valence-corrected chi connectivity index (χ2v) is 8.86. The summed E-state index contributed by atoms with van der Waals surface area (Å²) < 4.78 is 7.80. The number of nitrogens with zero attached hydrogens (tertiary/aromatic N) is 4. The van der Waals surface area contributed by atoms with Crippen LogP contribution in [0.5, 0.6) is 0 Å². The smallest absolute Gasteiger partial charge is 0.290 e. The number of rotatable bonds is 8. The molecule has 0 aliphatic heterocycles. The van der Waals surface area contributed by atoms with E-state index in [4.69, 9.17) is 27.6 Å². The molecule has 1 amide bonds. The SMILES string of the molecule is Cn1ccnc1SCc1ccc(C(=O)N(Cc2ccc(Cl)c(Cl)c2)Cc2ccccn2)o1. The third kappa shape index (κ3) is 5.54. The van der Waals surface area contributed by atoms with E-state index in [0.29, 0.717) is 34.6 Å². The highest BCUT2D eigenvalue weighted by Crippen LogP contribution is 2.25. The van der Waals surface area contributed by atoms with Gasteiger partial charge in [0.15, 0.2) is 10.9 Å². The number of furan rings is 1. The maximum absolute atomic E-state index is 13.3. The Kier molecular flexibility index (Phi) is 7.19. The van der Waals surface area contributed by atoms with E-state index in [1.807, 2.05) is 48.1 Å². The van der Waals surface area contributed by atoms with Crippen LogP contribution < -0.4 is 0 Å². The summed E-state index contributed by atoms with van der Waals surface area (Å²) in [6.07, 6.45) is 5.34. The molecule has 0 unspecified atom stereocenters. The molecule has 9 heteroatoms. The van der Waals surface area contributed by atoms with Crippen LogP contribution >= 0.6 is 35.0 Å². The Morgan fingerprint density at radius 3 is 2.66 bits per heavy atom. The molecular formula is C23H20Cl2N4O2S. The van der Waals surface area contributed by atoms with Crippen molar-refractivity contribution in [2.75, 3.05) is 0 Å². The van der Waals surface area contributed by atoms with E-state index in [9.17, 15) is 4.79 Å². The molecule has 0 aliphatic carbocycles. The molecule has 4 aromatic rings. The van der Waals surface area contributed by atoms with Crippen LogP contribution in [0.25, 0.3) is 0 Å².